The van der Waals surface area contributed by atoms with Gasteiger partial charge < -0.3 is 0 Å². The number of hydrogen-bond acceptors (Lipinski definition) is 1. The van der Waals surface area contributed by atoms with Gasteiger partial charge in [0.2, 0.25) is 0 Å². The molecule has 1 heteroatoms. The van der Waals surface area contributed by atoms with Gasteiger partial charge in [-0.1, -0.05) is 37.3 Å². The quantitative estimate of drug-likeness (QED) is 0.682. The average molecular weight is 200 g/mol. The summed E-state index contributed by atoms with van der Waals surface area (Å²) in [4.78, 5) is 12.0. The topological polar surface area (TPSA) is 17.1 Å². The van der Waals surface area contributed by atoms with Crippen molar-refractivity contribution in [2.45, 2.75) is 32.6 Å². The number of carbonyl (C=O) groups excluding carboxylic acids is 1. The van der Waals surface area contributed by atoms with Crippen molar-refractivity contribution >= 4 is 5.78 Å². The van der Waals surface area contributed by atoms with Crippen molar-refractivity contribution < 1.29 is 4.79 Å². The van der Waals surface area contributed by atoms with Gasteiger partial charge in [0, 0.05) is 5.56 Å². The molecule has 2 rings (SSSR count). The Hall–Kier alpha value is -1.37. The van der Waals surface area contributed by atoms with Crippen LogP contribution in [-0.4, -0.2) is 5.78 Å². The highest BCUT2D eigenvalue weighted by atomic mass is 16.1. The zero-order valence-electron chi connectivity index (χ0n) is 9.12. The molecule has 0 saturated carbocycles. The van der Waals surface area contributed by atoms with Gasteiger partial charge in [-0.2, -0.15) is 0 Å². The van der Waals surface area contributed by atoms with Crippen LogP contribution in [0.2, 0.25) is 0 Å². The normalized spacial score (nSPS) is 15.1. The van der Waals surface area contributed by atoms with Gasteiger partial charge in [-0.25, -0.2) is 0 Å². The maximum Gasteiger partial charge on any atom is 0.188 e. The summed E-state index contributed by atoms with van der Waals surface area (Å²) in [5.74, 6) is 0.218. The number of hydrogen-bond donors (Lipinski definition) is 0. The summed E-state index contributed by atoms with van der Waals surface area (Å²) in [5.41, 5.74) is 3.12. The maximum absolute atomic E-state index is 12.0. The lowest BCUT2D eigenvalue weighted by molar-refractivity contribution is 0.103. The first kappa shape index (κ1) is 10.2. The first-order valence-corrected chi connectivity index (χ1v) is 5.64. The van der Waals surface area contributed by atoms with Crippen molar-refractivity contribution in [1.82, 2.24) is 0 Å². The number of Topliss-reactive ketones (excluding diaryl/α,β-unsaturated/α-hetero) is 1. The summed E-state index contributed by atoms with van der Waals surface area (Å²) < 4.78 is 0. The van der Waals surface area contributed by atoms with Crippen LogP contribution in [0.15, 0.2) is 35.9 Å². The van der Waals surface area contributed by atoms with E-state index in [4.69, 9.17) is 0 Å². The molecule has 0 N–H and O–H groups in total. The molecule has 1 aromatic rings. The number of rotatable bonds is 3. The number of ketones is 1. The van der Waals surface area contributed by atoms with Crippen LogP contribution in [0.25, 0.3) is 0 Å². The van der Waals surface area contributed by atoms with E-state index in [1.165, 1.54) is 5.56 Å². The first-order chi connectivity index (χ1) is 7.31. The second-order valence-corrected chi connectivity index (χ2v) is 4.00. The maximum atomic E-state index is 12.0. The minimum absolute atomic E-state index is 0.218. The van der Waals surface area contributed by atoms with Crippen LogP contribution in [0.5, 0.6) is 0 Å². The molecular formula is C14H16O. The predicted molar refractivity (Wildman–Crippen MR) is 62.1 cm³/mol. The fraction of sp³-hybridized carbons (Fsp3) is 0.357. The lowest BCUT2D eigenvalue weighted by atomic mass is 10.0. The molecule has 1 aliphatic rings. The van der Waals surface area contributed by atoms with Gasteiger partial charge in [-0.3, -0.25) is 4.79 Å². The molecule has 0 atom stereocenters. The molecule has 0 fully saturated rings. The zero-order chi connectivity index (χ0) is 10.7. The van der Waals surface area contributed by atoms with Crippen LogP contribution < -0.4 is 0 Å². The van der Waals surface area contributed by atoms with E-state index in [0.717, 1.165) is 36.8 Å². The van der Waals surface area contributed by atoms with Crippen LogP contribution in [0.4, 0.5) is 0 Å². The summed E-state index contributed by atoms with van der Waals surface area (Å²) in [6.45, 7) is 2.12. The third kappa shape index (κ3) is 2.17. The molecule has 0 unspecified atom stereocenters. The summed E-state index contributed by atoms with van der Waals surface area (Å²) in [6.07, 6.45) is 6.25. The van der Waals surface area contributed by atoms with Gasteiger partial charge >= 0.3 is 0 Å². The third-order valence-electron chi connectivity index (χ3n) is 2.96. The van der Waals surface area contributed by atoms with E-state index in [0.29, 0.717) is 0 Å². The SMILES string of the molecule is CCc1ccc(C(=O)C2=CCCC2)cc1. The molecule has 1 aliphatic carbocycles. The molecule has 0 aliphatic heterocycles. The molecule has 1 nitrogen and oxygen atoms in total. The van der Waals surface area contributed by atoms with Crippen molar-refractivity contribution in [2.75, 3.05) is 0 Å². The molecule has 78 valence electrons. The van der Waals surface area contributed by atoms with Gasteiger partial charge in [0.1, 0.15) is 0 Å². The Labute approximate surface area is 90.8 Å². The van der Waals surface area contributed by atoms with E-state index >= 15 is 0 Å². The van der Waals surface area contributed by atoms with Crippen molar-refractivity contribution in [2.24, 2.45) is 0 Å². The van der Waals surface area contributed by atoms with Gasteiger partial charge in [0.05, 0.1) is 0 Å². The Morgan fingerprint density at radius 3 is 2.53 bits per heavy atom. The smallest absolute Gasteiger partial charge is 0.188 e. The van der Waals surface area contributed by atoms with Crippen LogP contribution in [0.1, 0.15) is 42.1 Å². The second kappa shape index (κ2) is 4.43. The Morgan fingerprint density at radius 1 is 1.27 bits per heavy atom. The van der Waals surface area contributed by atoms with Crippen LogP contribution >= 0.6 is 0 Å². The Balaban J connectivity index is 2.18. The minimum atomic E-state index is 0.218. The first-order valence-electron chi connectivity index (χ1n) is 5.64. The van der Waals surface area contributed by atoms with Crippen LogP contribution in [-0.2, 0) is 6.42 Å². The summed E-state index contributed by atoms with van der Waals surface area (Å²) in [7, 11) is 0. The van der Waals surface area contributed by atoms with Gasteiger partial charge in [0.25, 0.3) is 0 Å². The van der Waals surface area contributed by atoms with E-state index in [2.05, 4.69) is 13.0 Å². The molecule has 0 spiro atoms. The molecule has 15 heavy (non-hydrogen) atoms. The number of carbonyl (C=O) groups is 1. The molecule has 0 saturated heterocycles. The molecule has 0 amide bonds. The highest BCUT2D eigenvalue weighted by molar-refractivity contribution is 6.08. The Kier molecular flexibility index (Phi) is 3.00. The van der Waals surface area contributed by atoms with Crippen molar-refractivity contribution in [3.63, 3.8) is 0 Å². The Morgan fingerprint density at radius 2 is 2.00 bits per heavy atom. The minimum Gasteiger partial charge on any atom is -0.289 e. The number of allylic oxidation sites excluding steroid dienone is 2. The van der Waals surface area contributed by atoms with Crippen LogP contribution in [0.3, 0.4) is 0 Å². The van der Waals surface area contributed by atoms with E-state index < -0.39 is 0 Å². The zero-order valence-corrected chi connectivity index (χ0v) is 9.12. The summed E-state index contributed by atoms with van der Waals surface area (Å²) in [6, 6.07) is 7.98. The van der Waals surface area contributed by atoms with Crippen molar-refractivity contribution in [1.29, 1.82) is 0 Å². The summed E-state index contributed by atoms with van der Waals surface area (Å²) >= 11 is 0. The average Bonchev–Trinajstić information content (AvgIpc) is 2.82. The second-order valence-electron chi connectivity index (χ2n) is 4.00. The van der Waals surface area contributed by atoms with Gasteiger partial charge in [0.15, 0.2) is 5.78 Å². The van der Waals surface area contributed by atoms with Crippen molar-refractivity contribution in [3.8, 4) is 0 Å². The fourth-order valence-corrected chi connectivity index (χ4v) is 1.95. The molecule has 0 heterocycles. The third-order valence-corrected chi connectivity index (χ3v) is 2.96. The lowest BCUT2D eigenvalue weighted by Gasteiger charge is -2.02. The van der Waals surface area contributed by atoms with E-state index in [1.807, 2.05) is 24.3 Å². The molecule has 1 aromatic carbocycles. The fourth-order valence-electron chi connectivity index (χ4n) is 1.95. The van der Waals surface area contributed by atoms with Crippen LogP contribution in [0, 0.1) is 0 Å². The van der Waals surface area contributed by atoms with Gasteiger partial charge in [-0.05, 0) is 36.8 Å². The van der Waals surface area contributed by atoms with E-state index in [1.54, 1.807) is 0 Å². The number of aryl methyl sites for hydroxylation is 1. The molecule has 0 bridgehead atoms. The lowest BCUT2D eigenvalue weighted by Crippen LogP contribution is -2.01. The molecule has 0 aromatic heterocycles. The molecular weight excluding hydrogens is 184 g/mol. The highest BCUT2D eigenvalue weighted by Gasteiger charge is 2.14. The van der Waals surface area contributed by atoms with Gasteiger partial charge in [-0.15, -0.1) is 0 Å². The predicted octanol–water partition coefficient (Wildman–Crippen LogP) is 3.54. The molecule has 0 radical (unpaired) electrons. The monoisotopic (exact) mass is 200 g/mol. The highest BCUT2D eigenvalue weighted by Crippen LogP contribution is 2.21. The van der Waals surface area contributed by atoms with Crippen molar-refractivity contribution in [3.05, 3.63) is 47.0 Å². The van der Waals surface area contributed by atoms with E-state index in [9.17, 15) is 4.79 Å². The summed E-state index contributed by atoms with van der Waals surface area (Å²) in [5, 5.41) is 0. The standard InChI is InChI=1S/C14H16O/c1-2-11-7-9-13(10-8-11)14(15)12-5-3-4-6-12/h5,7-10H,2-4,6H2,1H3. The van der Waals surface area contributed by atoms with E-state index in [-0.39, 0.29) is 5.78 Å². The number of benzene rings is 1. The largest absolute Gasteiger partial charge is 0.289 e. The Bertz CT molecular complexity index is 384.